The van der Waals surface area contributed by atoms with Crippen LogP contribution in [-0.4, -0.2) is 12.5 Å². The molecule has 0 fully saturated rings. The second-order valence-corrected chi connectivity index (χ2v) is 4.16. The first-order valence-corrected chi connectivity index (χ1v) is 5.50. The zero-order chi connectivity index (χ0) is 11.3. The van der Waals surface area contributed by atoms with Gasteiger partial charge in [-0.15, -0.1) is 0 Å². The molecule has 1 aromatic rings. The Morgan fingerprint density at radius 3 is 2.80 bits per heavy atom. The fourth-order valence-corrected chi connectivity index (χ4v) is 1.33. The molecule has 0 atom stereocenters. The molecule has 84 valence electrons. The van der Waals surface area contributed by atoms with Crippen molar-refractivity contribution in [2.75, 3.05) is 6.54 Å². The molecule has 2 heteroatoms. The topological polar surface area (TPSA) is 29.1 Å². The van der Waals surface area contributed by atoms with Crippen LogP contribution in [0.1, 0.15) is 38.1 Å². The molecule has 0 saturated heterocycles. The van der Waals surface area contributed by atoms with Crippen LogP contribution >= 0.6 is 0 Å². The van der Waals surface area contributed by atoms with E-state index in [1.165, 1.54) is 5.56 Å². The van der Waals surface area contributed by atoms with Gasteiger partial charge in [-0.3, -0.25) is 4.79 Å². The molecule has 0 aliphatic carbocycles. The maximum absolute atomic E-state index is 11.7. The highest BCUT2D eigenvalue weighted by molar-refractivity contribution is 5.94. The van der Waals surface area contributed by atoms with Crippen LogP contribution in [0.3, 0.4) is 0 Å². The Morgan fingerprint density at radius 1 is 1.47 bits per heavy atom. The van der Waals surface area contributed by atoms with Crippen molar-refractivity contribution in [2.24, 2.45) is 5.92 Å². The first-order valence-electron chi connectivity index (χ1n) is 5.50. The van der Waals surface area contributed by atoms with Crippen LogP contribution in [0.25, 0.3) is 0 Å². The lowest BCUT2D eigenvalue weighted by atomic mass is 10.1. The molecule has 15 heavy (non-hydrogen) atoms. The lowest BCUT2D eigenvalue weighted by Gasteiger charge is -2.08. The third kappa shape index (κ3) is 3.74. The van der Waals surface area contributed by atoms with Crippen molar-refractivity contribution in [3.05, 3.63) is 35.4 Å². The molecule has 0 aliphatic heterocycles. The minimum atomic E-state index is 0. The van der Waals surface area contributed by atoms with E-state index in [1.54, 1.807) is 0 Å². The van der Waals surface area contributed by atoms with E-state index in [-0.39, 0.29) is 7.33 Å². The van der Waals surface area contributed by atoms with Gasteiger partial charge in [0.05, 0.1) is 0 Å². The summed E-state index contributed by atoms with van der Waals surface area (Å²) in [6, 6.07) is 7.78. The molecule has 0 unspecified atom stereocenters. The van der Waals surface area contributed by atoms with Gasteiger partial charge >= 0.3 is 0 Å². The van der Waals surface area contributed by atoms with Crippen LogP contribution in [0.5, 0.6) is 0 Å². The van der Waals surface area contributed by atoms with E-state index >= 15 is 0 Å². The second-order valence-electron chi connectivity index (χ2n) is 4.16. The molecule has 1 rings (SSSR count). The maximum atomic E-state index is 11.7. The van der Waals surface area contributed by atoms with Gasteiger partial charge in [0, 0.05) is 13.5 Å². The highest BCUT2D eigenvalue weighted by atomic mass is 16.1. The standard InChI is InChI=1S/C13H19NO.H2/c1-4-11-6-5-7-12(8-11)13(15)14-9-10(2)3;/h5-8,10H,4,9H2,1-3H3,(H,14,15);1H. The molecule has 0 heterocycles. The summed E-state index contributed by atoms with van der Waals surface area (Å²) in [6.07, 6.45) is 0.964. The number of hydrogen-bond acceptors (Lipinski definition) is 1. The zero-order valence-corrected chi connectivity index (χ0v) is 9.71. The van der Waals surface area contributed by atoms with Gasteiger partial charge in [-0.2, -0.15) is 0 Å². The molecule has 2 nitrogen and oxygen atoms in total. The van der Waals surface area contributed by atoms with Gasteiger partial charge in [-0.25, -0.2) is 0 Å². The van der Waals surface area contributed by atoms with Crippen molar-refractivity contribution in [1.82, 2.24) is 5.32 Å². The van der Waals surface area contributed by atoms with Crippen LogP contribution in [-0.2, 0) is 6.42 Å². The van der Waals surface area contributed by atoms with Gasteiger partial charge in [-0.05, 0) is 30.0 Å². The summed E-state index contributed by atoms with van der Waals surface area (Å²) in [5, 5.41) is 2.91. The fraction of sp³-hybridized carbons (Fsp3) is 0.462. The quantitative estimate of drug-likeness (QED) is 0.808. The van der Waals surface area contributed by atoms with E-state index in [1.807, 2.05) is 24.3 Å². The number of amides is 1. The van der Waals surface area contributed by atoms with Crippen LogP contribution < -0.4 is 5.32 Å². The van der Waals surface area contributed by atoms with Crippen LogP contribution in [0.4, 0.5) is 0 Å². The Kier molecular flexibility index (Phi) is 4.35. The van der Waals surface area contributed by atoms with Crippen molar-refractivity contribution < 1.29 is 6.22 Å². The van der Waals surface area contributed by atoms with Crippen molar-refractivity contribution in [1.29, 1.82) is 0 Å². The van der Waals surface area contributed by atoms with E-state index in [0.717, 1.165) is 18.5 Å². The van der Waals surface area contributed by atoms with Gasteiger partial charge in [0.25, 0.3) is 5.91 Å². The average Bonchev–Trinajstić information content (AvgIpc) is 2.26. The van der Waals surface area contributed by atoms with E-state index in [0.29, 0.717) is 5.92 Å². The van der Waals surface area contributed by atoms with Crippen molar-refractivity contribution in [3.63, 3.8) is 0 Å². The highest BCUT2D eigenvalue weighted by Crippen LogP contribution is 2.05. The first-order chi connectivity index (χ1) is 7.13. The third-order valence-electron chi connectivity index (χ3n) is 2.27. The molecule has 0 aromatic heterocycles. The van der Waals surface area contributed by atoms with Crippen molar-refractivity contribution in [3.8, 4) is 0 Å². The normalized spacial score (nSPS) is 10.4. The summed E-state index contributed by atoms with van der Waals surface area (Å²) in [7, 11) is 0. The predicted octanol–water partition coefficient (Wildman–Crippen LogP) is 2.88. The van der Waals surface area contributed by atoms with E-state index < -0.39 is 0 Å². The minimum absolute atomic E-state index is 0. The van der Waals surface area contributed by atoms with Gasteiger partial charge in [0.2, 0.25) is 0 Å². The molecule has 0 saturated carbocycles. The summed E-state index contributed by atoms with van der Waals surface area (Å²) >= 11 is 0. The van der Waals surface area contributed by atoms with Crippen LogP contribution in [0.2, 0.25) is 0 Å². The van der Waals surface area contributed by atoms with Crippen molar-refractivity contribution >= 4 is 5.91 Å². The Bertz CT molecular complexity index is 336. The van der Waals surface area contributed by atoms with E-state index in [9.17, 15) is 4.79 Å². The molecule has 1 aromatic carbocycles. The SMILES string of the molecule is CCc1cccc(C(=O)NCC(C)C)c1.[HH]. The number of aryl methyl sites for hydroxylation is 1. The van der Waals surface area contributed by atoms with Crippen LogP contribution in [0, 0.1) is 5.92 Å². The summed E-state index contributed by atoms with van der Waals surface area (Å²) in [6.45, 7) is 6.99. The smallest absolute Gasteiger partial charge is 0.251 e. The summed E-state index contributed by atoms with van der Waals surface area (Å²) in [5.74, 6) is 0.516. The Balaban J connectivity index is 0.00000225. The molecule has 1 N–H and O–H groups in total. The molecular formula is C13H21NO. The van der Waals surface area contributed by atoms with Crippen molar-refractivity contribution in [2.45, 2.75) is 27.2 Å². The second kappa shape index (κ2) is 5.54. The number of benzene rings is 1. The third-order valence-corrected chi connectivity index (χ3v) is 2.27. The first kappa shape index (κ1) is 11.8. The average molecular weight is 207 g/mol. The predicted molar refractivity (Wildman–Crippen MR) is 65.1 cm³/mol. The largest absolute Gasteiger partial charge is 0.352 e. The number of carbonyl (C=O) groups excluding carboxylic acids is 1. The number of nitrogens with one attached hydrogen (secondary N) is 1. The molecular weight excluding hydrogens is 186 g/mol. The van der Waals surface area contributed by atoms with Gasteiger partial charge in [-0.1, -0.05) is 32.9 Å². The molecule has 1 amide bonds. The van der Waals surface area contributed by atoms with Gasteiger partial charge < -0.3 is 5.32 Å². The van der Waals surface area contributed by atoms with E-state index in [4.69, 9.17) is 0 Å². The monoisotopic (exact) mass is 207 g/mol. The van der Waals surface area contributed by atoms with Gasteiger partial charge in [0.1, 0.15) is 0 Å². The zero-order valence-electron chi connectivity index (χ0n) is 9.71. The Hall–Kier alpha value is -1.31. The molecule has 0 bridgehead atoms. The van der Waals surface area contributed by atoms with Gasteiger partial charge in [0.15, 0.2) is 0 Å². The lowest BCUT2D eigenvalue weighted by molar-refractivity contribution is 0.0949. The molecule has 0 spiro atoms. The lowest BCUT2D eigenvalue weighted by Crippen LogP contribution is -2.27. The Labute approximate surface area is 93.2 Å². The van der Waals surface area contributed by atoms with Crippen LogP contribution in [0.15, 0.2) is 24.3 Å². The van der Waals surface area contributed by atoms with E-state index in [2.05, 4.69) is 26.1 Å². The molecule has 0 aliphatic rings. The summed E-state index contributed by atoms with van der Waals surface area (Å²) in [5.41, 5.74) is 1.96. The summed E-state index contributed by atoms with van der Waals surface area (Å²) in [4.78, 5) is 11.7. The fourth-order valence-electron chi connectivity index (χ4n) is 1.33. The Morgan fingerprint density at radius 2 is 2.20 bits per heavy atom. The minimum Gasteiger partial charge on any atom is -0.352 e. The highest BCUT2D eigenvalue weighted by Gasteiger charge is 2.05. The summed E-state index contributed by atoms with van der Waals surface area (Å²) < 4.78 is 0. The molecule has 0 radical (unpaired) electrons. The number of rotatable bonds is 4. The number of hydrogen-bond donors (Lipinski definition) is 1. The number of carbonyl (C=O) groups is 1. The maximum Gasteiger partial charge on any atom is 0.251 e.